The molecule has 0 spiro atoms. The number of rotatable bonds is 4. The highest BCUT2D eigenvalue weighted by Crippen LogP contribution is 2.32. The van der Waals surface area contributed by atoms with Crippen molar-refractivity contribution < 1.29 is 23.2 Å². The third kappa shape index (κ3) is 2.67. The fourth-order valence-electron chi connectivity index (χ4n) is 2.10. The lowest BCUT2D eigenvalue weighted by Crippen LogP contribution is -2.47. The molecule has 1 N–H and O–H groups in total. The molecular formula is C10H12N2O6S2. The van der Waals surface area contributed by atoms with Crippen molar-refractivity contribution in [2.75, 3.05) is 6.54 Å². The van der Waals surface area contributed by atoms with E-state index < -0.39 is 27.0 Å². The van der Waals surface area contributed by atoms with E-state index in [9.17, 15) is 23.3 Å². The van der Waals surface area contributed by atoms with Crippen molar-refractivity contribution >= 4 is 32.3 Å². The van der Waals surface area contributed by atoms with Crippen LogP contribution in [0, 0.1) is 10.1 Å². The van der Waals surface area contributed by atoms with E-state index in [1.165, 1.54) is 0 Å². The summed E-state index contributed by atoms with van der Waals surface area (Å²) >= 11 is 0.534. The summed E-state index contributed by atoms with van der Waals surface area (Å²) in [5, 5.41) is 19.4. The van der Waals surface area contributed by atoms with Crippen molar-refractivity contribution in [2.45, 2.75) is 29.5 Å². The van der Waals surface area contributed by atoms with E-state index in [1.807, 2.05) is 0 Å². The Morgan fingerprint density at radius 2 is 2.15 bits per heavy atom. The zero-order chi connectivity index (χ0) is 14.9. The molecule has 0 bridgehead atoms. The highest BCUT2D eigenvalue weighted by molar-refractivity contribution is 7.91. The number of aliphatic carboxylic acids is 1. The molecule has 110 valence electrons. The summed E-state index contributed by atoms with van der Waals surface area (Å²) in [4.78, 5) is 21.1. The number of thiophene rings is 1. The number of hydrogen-bond donors (Lipinski definition) is 1. The SMILES string of the molecule is O=C(O)C1CCCCN1S(=O)(=O)c1ccc([N+](=O)[O-])s1. The van der Waals surface area contributed by atoms with Crippen molar-refractivity contribution in [1.29, 1.82) is 0 Å². The van der Waals surface area contributed by atoms with Crippen molar-refractivity contribution in [2.24, 2.45) is 0 Å². The van der Waals surface area contributed by atoms with E-state index in [-0.39, 0.29) is 22.2 Å². The van der Waals surface area contributed by atoms with Crippen LogP contribution in [0.2, 0.25) is 0 Å². The van der Waals surface area contributed by atoms with E-state index in [2.05, 4.69) is 0 Å². The number of sulfonamides is 1. The first-order valence-electron chi connectivity index (χ1n) is 5.83. The molecule has 1 saturated heterocycles. The van der Waals surface area contributed by atoms with Gasteiger partial charge in [0.1, 0.15) is 10.3 Å². The van der Waals surface area contributed by atoms with Crippen LogP contribution < -0.4 is 0 Å². The Hall–Kier alpha value is -1.52. The maximum Gasteiger partial charge on any atom is 0.325 e. The van der Waals surface area contributed by atoms with Gasteiger partial charge in [0.25, 0.3) is 10.0 Å². The highest BCUT2D eigenvalue weighted by atomic mass is 32.2. The van der Waals surface area contributed by atoms with Gasteiger partial charge in [-0.25, -0.2) is 8.42 Å². The van der Waals surface area contributed by atoms with Crippen molar-refractivity contribution in [1.82, 2.24) is 4.31 Å². The van der Waals surface area contributed by atoms with Crippen LogP contribution in [0.15, 0.2) is 16.3 Å². The predicted molar refractivity (Wildman–Crippen MR) is 70.1 cm³/mol. The summed E-state index contributed by atoms with van der Waals surface area (Å²) in [7, 11) is -4.00. The van der Waals surface area contributed by atoms with Gasteiger partial charge in [-0.3, -0.25) is 14.9 Å². The number of carboxylic acids is 1. The minimum absolute atomic E-state index is 0.116. The monoisotopic (exact) mass is 320 g/mol. The maximum absolute atomic E-state index is 12.4. The van der Waals surface area contributed by atoms with E-state index >= 15 is 0 Å². The average molecular weight is 320 g/mol. The number of carboxylic acid groups (broad SMARTS) is 1. The van der Waals surface area contributed by atoms with Gasteiger partial charge in [-0.2, -0.15) is 4.31 Å². The van der Waals surface area contributed by atoms with Gasteiger partial charge in [0.2, 0.25) is 0 Å². The molecule has 0 saturated carbocycles. The molecule has 1 fully saturated rings. The third-order valence-corrected chi connectivity index (χ3v) is 6.46. The van der Waals surface area contributed by atoms with Crippen LogP contribution in [0.25, 0.3) is 0 Å². The van der Waals surface area contributed by atoms with Crippen molar-refractivity contribution in [3.05, 3.63) is 22.2 Å². The van der Waals surface area contributed by atoms with Crippen LogP contribution in [0.4, 0.5) is 5.00 Å². The van der Waals surface area contributed by atoms with E-state index in [4.69, 9.17) is 5.11 Å². The lowest BCUT2D eigenvalue weighted by atomic mass is 10.1. The Morgan fingerprint density at radius 1 is 1.45 bits per heavy atom. The number of hydrogen-bond acceptors (Lipinski definition) is 6. The molecule has 1 aromatic rings. The highest BCUT2D eigenvalue weighted by Gasteiger charge is 2.38. The van der Waals surface area contributed by atoms with E-state index in [0.717, 1.165) is 16.4 Å². The van der Waals surface area contributed by atoms with Gasteiger partial charge in [-0.15, -0.1) is 0 Å². The number of nitrogens with zero attached hydrogens (tertiary/aromatic N) is 2. The largest absolute Gasteiger partial charge is 0.480 e. The van der Waals surface area contributed by atoms with Crippen LogP contribution in [0.5, 0.6) is 0 Å². The molecular weight excluding hydrogens is 308 g/mol. The van der Waals surface area contributed by atoms with Gasteiger partial charge < -0.3 is 5.11 Å². The quantitative estimate of drug-likeness (QED) is 0.659. The second-order valence-electron chi connectivity index (χ2n) is 4.32. The molecule has 0 radical (unpaired) electrons. The van der Waals surface area contributed by atoms with Crippen LogP contribution in [0.1, 0.15) is 19.3 Å². The molecule has 8 nitrogen and oxygen atoms in total. The molecule has 1 atom stereocenters. The van der Waals surface area contributed by atoms with Gasteiger partial charge in [-0.1, -0.05) is 0 Å². The Morgan fingerprint density at radius 3 is 2.70 bits per heavy atom. The first-order chi connectivity index (χ1) is 9.34. The lowest BCUT2D eigenvalue weighted by Gasteiger charge is -2.31. The van der Waals surface area contributed by atoms with E-state index in [1.54, 1.807) is 0 Å². The number of nitro groups is 1. The summed E-state index contributed by atoms with van der Waals surface area (Å²) in [6.45, 7) is 0.116. The Labute approximate surface area is 118 Å². The Balaban J connectivity index is 2.36. The first-order valence-corrected chi connectivity index (χ1v) is 8.08. The summed E-state index contributed by atoms with van der Waals surface area (Å²) < 4.78 is 25.5. The molecule has 2 heterocycles. The van der Waals surface area contributed by atoms with Crippen molar-refractivity contribution in [3.8, 4) is 0 Å². The van der Waals surface area contributed by atoms with Gasteiger partial charge in [0.05, 0.1) is 4.92 Å². The summed E-state index contributed by atoms with van der Waals surface area (Å²) in [6, 6.07) is 1.15. The fraction of sp³-hybridized carbons (Fsp3) is 0.500. The zero-order valence-corrected chi connectivity index (χ0v) is 11.9. The molecule has 0 aliphatic carbocycles. The standard InChI is InChI=1S/C10H12N2O6S2/c13-10(14)7-3-1-2-6-11(7)20(17,18)9-5-4-8(19-9)12(15)16/h4-5,7H,1-3,6H2,(H,13,14). The zero-order valence-electron chi connectivity index (χ0n) is 10.3. The van der Waals surface area contributed by atoms with Crippen LogP contribution in [-0.2, 0) is 14.8 Å². The smallest absolute Gasteiger partial charge is 0.325 e. The Bertz CT molecular complexity index is 638. The summed E-state index contributed by atoms with van der Waals surface area (Å²) in [5.41, 5.74) is 0. The van der Waals surface area contributed by atoms with Crippen molar-refractivity contribution in [3.63, 3.8) is 0 Å². The molecule has 0 amide bonds. The number of piperidine rings is 1. The molecule has 1 aliphatic heterocycles. The third-order valence-electron chi connectivity index (χ3n) is 3.05. The average Bonchev–Trinajstić information content (AvgIpc) is 2.89. The molecule has 1 unspecified atom stereocenters. The predicted octanol–water partition coefficient (Wildman–Crippen LogP) is 1.28. The van der Waals surface area contributed by atoms with Crippen LogP contribution in [0.3, 0.4) is 0 Å². The minimum Gasteiger partial charge on any atom is -0.480 e. The molecule has 1 aromatic heterocycles. The van der Waals surface area contributed by atoms with Gasteiger partial charge in [0, 0.05) is 12.6 Å². The summed E-state index contributed by atoms with van der Waals surface area (Å²) in [5.74, 6) is -1.20. The van der Waals surface area contributed by atoms with Crippen LogP contribution in [-0.4, -0.2) is 41.3 Å². The lowest BCUT2D eigenvalue weighted by molar-refractivity contribution is -0.380. The van der Waals surface area contributed by atoms with Crippen LogP contribution >= 0.6 is 11.3 Å². The topological polar surface area (TPSA) is 118 Å². The summed E-state index contributed by atoms with van der Waals surface area (Å²) in [6.07, 6.45) is 1.48. The normalized spacial score (nSPS) is 20.7. The maximum atomic E-state index is 12.4. The van der Waals surface area contributed by atoms with Gasteiger partial charge >= 0.3 is 11.0 Å². The minimum atomic E-state index is -4.00. The second kappa shape index (κ2) is 5.46. The molecule has 0 aromatic carbocycles. The van der Waals surface area contributed by atoms with Gasteiger partial charge in [0.15, 0.2) is 0 Å². The second-order valence-corrected chi connectivity index (χ2v) is 7.49. The fourth-order valence-corrected chi connectivity index (χ4v) is 4.99. The molecule has 2 rings (SSSR count). The Kier molecular flexibility index (Phi) is 4.06. The number of carbonyl (C=O) groups is 1. The van der Waals surface area contributed by atoms with Gasteiger partial charge in [-0.05, 0) is 36.7 Å². The molecule has 20 heavy (non-hydrogen) atoms. The van der Waals surface area contributed by atoms with E-state index in [0.29, 0.717) is 24.2 Å². The molecule has 1 aliphatic rings. The molecule has 10 heteroatoms. The first kappa shape index (κ1) is 14.9.